The first kappa shape index (κ1) is 12.8. The molecule has 0 spiro atoms. The number of carboxylic acids is 1. The van der Waals surface area contributed by atoms with Gasteiger partial charge in [0.15, 0.2) is 6.10 Å². The number of hydrogen-bond donors (Lipinski definition) is 1. The average molecular weight is 243 g/mol. The normalized spacial score (nSPS) is 12.1. The van der Waals surface area contributed by atoms with Gasteiger partial charge in [-0.25, -0.2) is 4.79 Å². The molecule has 1 aromatic rings. The first-order valence-electron chi connectivity index (χ1n) is 5.28. The molecule has 1 N–H and O–H groups in total. The molecule has 0 unspecified atom stereocenters. The third-order valence-corrected chi connectivity index (χ3v) is 2.44. The zero-order chi connectivity index (χ0) is 12.0. The molecule has 1 rings (SSSR count). The minimum Gasteiger partial charge on any atom is -0.479 e. The number of unbranched alkanes of at least 4 members (excludes halogenated alkanes) is 1. The van der Waals surface area contributed by atoms with E-state index in [0.29, 0.717) is 17.2 Å². The second-order valence-corrected chi connectivity index (χ2v) is 3.98. The molecule has 0 heterocycles. The Morgan fingerprint density at radius 2 is 2.06 bits per heavy atom. The maximum absolute atomic E-state index is 10.9. The number of halogens is 1. The van der Waals surface area contributed by atoms with Crippen molar-refractivity contribution in [1.29, 1.82) is 0 Å². The van der Waals surface area contributed by atoms with Crippen LogP contribution in [0.25, 0.3) is 0 Å². The van der Waals surface area contributed by atoms with Crippen molar-refractivity contribution in [3.63, 3.8) is 0 Å². The van der Waals surface area contributed by atoms with Gasteiger partial charge in [-0.2, -0.15) is 0 Å². The fraction of sp³-hybridized carbons (Fsp3) is 0.417. The number of ether oxygens (including phenoxy) is 1. The van der Waals surface area contributed by atoms with Crippen molar-refractivity contribution in [3.8, 4) is 5.75 Å². The Hall–Kier alpha value is -1.22. The molecule has 1 atom stereocenters. The van der Waals surface area contributed by atoms with Gasteiger partial charge in [-0.15, -0.1) is 0 Å². The third-order valence-electron chi connectivity index (χ3n) is 2.19. The van der Waals surface area contributed by atoms with Crippen LogP contribution in [0.15, 0.2) is 24.3 Å². The summed E-state index contributed by atoms with van der Waals surface area (Å²) in [6.07, 6.45) is 1.54. The largest absolute Gasteiger partial charge is 0.479 e. The SMILES string of the molecule is CCCC[C@H](Oc1ccc(Cl)cc1)C(=O)O. The van der Waals surface area contributed by atoms with Crippen molar-refractivity contribution >= 4 is 17.6 Å². The van der Waals surface area contributed by atoms with Crippen LogP contribution >= 0.6 is 11.6 Å². The summed E-state index contributed by atoms with van der Waals surface area (Å²) in [6.45, 7) is 2.02. The van der Waals surface area contributed by atoms with Crippen molar-refractivity contribution in [3.05, 3.63) is 29.3 Å². The average Bonchev–Trinajstić information content (AvgIpc) is 2.26. The lowest BCUT2D eigenvalue weighted by molar-refractivity contribution is -0.145. The Morgan fingerprint density at radius 1 is 1.44 bits per heavy atom. The summed E-state index contributed by atoms with van der Waals surface area (Å²) in [5.41, 5.74) is 0. The molecule has 3 nitrogen and oxygen atoms in total. The molecule has 0 amide bonds. The van der Waals surface area contributed by atoms with Gasteiger partial charge in [0.25, 0.3) is 0 Å². The maximum Gasteiger partial charge on any atom is 0.344 e. The van der Waals surface area contributed by atoms with E-state index >= 15 is 0 Å². The van der Waals surface area contributed by atoms with Crippen molar-refractivity contribution in [2.24, 2.45) is 0 Å². The molecule has 88 valence electrons. The van der Waals surface area contributed by atoms with Crippen LogP contribution in [0.2, 0.25) is 5.02 Å². The molecule has 0 aliphatic carbocycles. The van der Waals surface area contributed by atoms with Crippen molar-refractivity contribution in [1.82, 2.24) is 0 Å². The molecule has 0 saturated carbocycles. The smallest absolute Gasteiger partial charge is 0.344 e. The molecule has 0 bridgehead atoms. The molecular formula is C12H15ClO3. The summed E-state index contributed by atoms with van der Waals surface area (Å²) in [6, 6.07) is 6.69. The molecule has 0 aliphatic heterocycles. The first-order valence-corrected chi connectivity index (χ1v) is 5.66. The number of carboxylic acid groups (broad SMARTS) is 1. The van der Waals surface area contributed by atoms with Crippen LogP contribution in [-0.4, -0.2) is 17.2 Å². The molecule has 0 fully saturated rings. The summed E-state index contributed by atoms with van der Waals surface area (Å²) >= 11 is 5.72. The highest BCUT2D eigenvalue weighted by Crippen LogP contribution is 2.18. The van der Waals surface area contributed by atoms with Crippen LogP contribution in [0, 0.1) is 0 Å². The number of carbonyl (C=O) groups is 1. The molecule has 0 radical (unpaired) electrons. The van der Waals surface area contributed by atoms with E-state index in [1.165, 1.54) is 0 Å². The predicted molar refractivity (Wildman–Crippen MR) is 63.0 cm³/mol. The van der Waals surface area contributed by atoms with Gasteiger partial charge in [0.1, 0.15) is 5.75 Å². The van der Waals surface area contributed by atoms with E-state index in [2.05, 4.69) is 0 Å². The highest BCUT2D eigenvalue weighted by molar-refractivity contribution is 6.30. The number of hydrogen-bond acceptors (Lipinski definition) is 2. The summed E-state index contributed by atoms with van der Waals surface area (Å²) in [7, 11) is 0. The van der Waals surface area contributed by atoms with Crippen LogP contribution in [-0.2, 0) is 4.79 Å². The molecule has 0 aromatic heterocycles. The summed E-state index contributed by atoms with van der Waals surface area (Å²) in [5, 5.41) is 9.57. The third kappa shape index (κ3) is 4.11. The van der Waals surface area contributed by atoms with Gasteiger partial charge in [0.2, 0.25) is 0 Å². The van der Waals surface area contributed by atoms with Gasteiger partial charge in [-0.3, -0.25) is 0 Å². The fourth-order valence-corrected chi connectivity index (χ4v) is 1.43. The van der Waals surface area contributed by atoms with Gasteiger partial charge in [-0.1, -0.05) is 24.9 Å². The zero-order valence-corrected chi connectivity index (χ0v) is 9.91. The second-order valence-electron chi connectivity index (χ2n) is 3.54. The van der Waals surface area contributed by atoms with Gasteiger partial charge in [-0.05, 0) is 37.1 Å². The lowest BCUT2D eigenvalue weighted by Gasteiger charge is -2.14. The number of aliphatic carboxylic acids is 1. The highest BCUT2D eigenvalue weighted by Gasteiger charge is 2.18. The van der Waals surface area contributed by atoms with E-state index < -0.39 is 12.1 Å². The van der Waals surface area contributed by atoms with Crippen LogP contribution in [0.1, 0.15) is 26.2 Å². The summed E-state index contributed by atoms with van der Waals surface area (Å²) < 4.78 is 5.37. The van der Waals surface area contributed by atoms with Crippen LogP contribution in [0.5, 0.6) is 5.75 Å². The lowest BCUT2D eigenvalue weighted by Crippen LogP contribution is -2.26. The van der Waals surface area contributed by atoms with E-state index in [-0.39, 0.29) is 0 Å². The Balaban J connectivity index is 2.60. The van der Waals surface area contributed by atoms with Crippen molar-refractivity contribution < 1.29 is 14.6 Å². The summed E-state index contributed by atoms with van der Waals surface area (Å²) in [4.78, 5) is 10.9. The van der Waals surface area contributed by atoms with E-state index in [1.807, 2.05) is 6.92 Å². The van der Waals surface area contributed by atoms with E-state index in [4.69, 9.17) is 21.4 Å². The van der Waals surface area contributed by atoms with Gasteiger partial charge in [0.05, 0.1) is 0 Å². The van der Waals surface area contributed by atoms with Crippen molar-refractivity contribution in [2.45, 2.75) is 32.3 Å². The highest BCUT2D eigenvalue weighted by atomic mass is 35.5. The molecule has 0 aliphatic rings. The van der Waals surface area contributed by atoms with Gasteiger partial charge >= 0.3 is 5.97 Å². The molecule has 0 saturated heterocycles. The molecule has 4 heteroatoms. The van der Waals surface area contributed by atoms with Crippen LogP contribution in [0.3, 0.4) is 0 Å². The van der Waals surface area contributed by atoms with E-state index in [9.17, 15) is 4.79 Å². The quantitative estimate of drug-likeness (QED) is 0.832. The predicted octanol–water partition coefficient (Wildman–Crippen LogP) is 3.36. The van der Waals surface area contributed by atoms with Crippen LogP contribution in [0.4, 0.5) is 0 Å². The maximum atomic E-state index is 10.9. The monoisotopic (exact) mass is 242 g/mol. The lowest BCUT2D eigenvalue weighted by atomic mass is 10.1. The first-order chi connectivity index (χ1) is 7.63. The Morgan fingerprint density at radius 3 is 2.56 bits per heavy atom. The molecular weight excluding hydrogens is 228 g/mol. The number of rotatable bonds is 6. The second kappa shape index (κ2) is 6.38. The van der Waals surface area contributed by atoms with E-state index in [0.717, 1.165) is 12.8 Å². The molecule has 1 aromatic carbocycles. The summed E-state index contributed by atoms with van der Waals surface area (Å²) in [5.74, 6) is -0.392. The topological polar surface area (TPSA) is 46.5 Å². The minimum atomic E-state index is -0.927. The Bertz CT molecular complexity index is 335. The minimum absolute atomic E-state index is 0.522. The van der Waals surface area contributed by atoms with Gasteiger partial charge < -0.3 is 9.84 Å². The Kier molecular flexibility index (Phi) is 5.12. The fourth-order valence-electron chi connectivity index (χ4n) is 1.30. The number of benzene rings is 1. The van der Waals surface area contributed by atoms with Crippen molar-refractivity contribution in [2.75, 3.05) is 0 Å². The van der Waals surface area contributed by atoms with E-state index in [1.54, 1.807) is 24.3 Å². The van der Waals surface area contributed by atoms with Crippen LogP contribution < -0.4 is 4.74 Å². The molecule has 16 heavy (non-hydrogen) atoms. The standard InChI is InChI=1S/C12H15ClO3/c1-2-3-4-11(12(14)15)16-10-7-5-9(13)6-8-10/h5-8,11H,2-4H2,1H3,(H,14,15)/t11-/m0/s1. The van der Waals surface area contributed by atoms with Gasteiger partial charge in [0, 0.05) is 5.02 Å². The zero-order valence-electron chi connectivity index (χ0n) is 9.15. The Labute approximate surface area is 100.0 Å².